The second-order valence-corrected chi connectivity index (χ2v) is 5.63. The molecule has 1 aliphatic rings. The van der Waals surface area contributed by atoms with Crippen LogP contribution >= 0.6 is 0 Å². The van der Waals surface area contributed by atoms with E-state index in [0.29, 0.717) is 5.75 Å². The summed E-state index contributed by atoms with van der Waals surface area (Å²) in [5.74, 6) is 1.13. The molecule has 1 heterocycles. The number of nitrogens with one attached hydrogen (secondary N) is 1. The lowest BCUT2D eigenvalue weighted by Gasteiger charge is -2.13. The van der Waals surface area contributed by atoms with Crippen LogP contribution in [-0.2, 0) is 9.59 Å². The molecular weight excluding hydrogens is 292 g/mol. The van der Waals surface area contributed by atoms with Gasteiger partial charge in [0.1, 0.15) is 17.5 Å². The van der Waals surface area contributed by atoms with Crippen molar-refractivity contribution in [2.45, 2.75) is 19.4 Å². The van der Waals surface area contributed by atoms with Crippen LogP contribution < -0.4 is 10.1 Å². The average Bonchev–Trinajstić information content (AvgIpc) is 2.79. The number of imide groups is 1. The van der Waals surface area contributed by atoms with Gasteiger partial charge in [-0.05, 0) is 43.3 Å². The second-order valence-electron chi connectivity index (χ2n) is 5.63. The lowest BCUT2D eigenvalue weighted by molar-refractivity contribution is -0.136. The number of carbonyl (C=O) groups is 2. The van der Waals surface area contributed by atoms with Crippen molar-refractivity contribution in [3.8, 4) is 11.5 Å². The van der Waals surface area contributed by atoms with Crippen molar-refractivity contribution < 1.29 is 14.3 Å². The zero-order valence-corrected chi connectivity index (χ0v) is 13.1. The minimum Gasteiger partial charge on any atom is -0.457 e. The minimum absolute atomic E-state index is 0.160. The fourth-order valence-corrected chi connectivity index (χ4v) is 2.43. The highest BCUT2D eigenvalue weighted by molar-refractivity contribution is 6.06. The molecule has 2 aromatic carbocycles. The summed E-state index contributed by atoms with van der Waals surface area (Å²) in [4.78, 5) is 24.5. The Morgan fingerprint density at radius 2 is 1.57 bits per heavy atom. The molecule has 23 heavy (non-hydrogen) atoms. The van der Waals surface area contributed by atoms with Crippen LogP contribution in [0.25, 0.3) is 0 Å². The molecule has 0 aromatic heterocycles. The van der Waals surface area contributed by atoms with E-state index in [2.05, 4.69) is 5.32 Å². The lowest BCUT2D eigenvalue weighted by atomic mass is 10.2. The van der Waals surface area contributed by atoms with Gasteiger partial charge in [0.2, 0.25) is 5.91 Å². The van der Waals surface area contributed by atoms with E-state index < -0.39 is 6.04 Å². The van der Waals surface area contributed by atoms with Gasteiger partial charge >= 0.3 is 0 Å². The first-order valence-corrected chi connectivity index (χ1v) is 7.44. The lowest BCUT2D eigenvalue weighted by Crippen LogP contribution is -2.31. The van der Waals surface area contributed by atoms with Gasteiger partial charge in [0, 0.05) is 12.7 Å². The summed E-state index contributed by atoms with van der Waals surface area (Å²) < 4.78 is 5.76. The summed E-state index contributed by atoms with van der Waals surface area (Å²) in [6.07, 6.45) is 0.191. The fourth-order valence-electron chi connectivity index (χ4n) is 2.43. The smallest absolute Gasteiger partial charge is 0.251 e. The maximum Gasteiger partial charge on any atom is 0.251 e. The van der Waals surface area contributed by atoms with Crippen LogP contribution in [0.1, 0.15) is 12.0 Å². The third-order valence-electron chi connectivity index (χ3n) is 3.83. The molecule has 0 saturated carbocycles. The average molecular weight is 310 g/mol. The number of amides is 2. The van der Waals surface area contributed by atoms with Gasteiger partial charge in [-0.25, -0.2) is 0 Å². The number of benzene rings is 2. The van der Waals surface area contributed by atoms with Crippen LogP contribution in [0.2, 0.25) is 0 Å². The number of nitrogens with zero attached hydrogens (tertiary/aromatic N) is 1. The molecule has 1 aliphatic heterocycles. The summed E-state index contributed by atoms with van der Waals surface area (Å²) in [5.41, 5.74) is 1.96. The van der Waals surface area contributed by atoms with Crippen LogP contribution in [0.15, 0.2) is 48.5 Å². The van der Waals surface area contributed by atoms with E-state index in [1.807, 2.05) is 55.5 Å². The van der Waals surface area contributed by atoms with E-state index in [-0.39, 0.29) is 18.2 Å². The Balaban J connectivity index is 1.64. The number of aryl methyl sites for hydroxylation is 1. The maximum absolute atomic E-state index is 11.9. The van der Waals surface area contributed by atoms with Crippen LogP contribution in [0.5, 0.6) is 11.5 Å². The van der Waals surface area contributed by atoms with Crippen LogP contribution in [0, 0.1) is 6.92 Å². The molecule has 1 N–H and O–H groups in total. The quantitative estimate of drug-likeness (QED) is 0.882. The Kier molecular flexibility index (Phi) is 4.02. The highest BCUT2D eigenvalue weighted by atomic mass is 16.5. The highest BCUT2D eigenvalue weighted by Gasteiger charge is 2.35. The number of ether oxygens (including phenoxy) is 1. The van der Waals surface area contributed by atoms with E-state index in [0.717, 1.165) is 16.3 Å². The van der Waals surface area contributed by atoms with E-state index in [9.17, 15) is 9.59 Å². The SMILES string of the molecule is Cc1ccc(Oc2ccc(N[C@H]3CC(=O)N(C)C3=O)cc2)cc1. The Labute approximate surface area is 134 Å². The van der Waals surface area contributed by atoms with E-state index in [4.69, 9.17) is 4.74 Å². The third-order valence-corrected chi connectivity index (χ3v) is 3.83. The molecule has 2 aromatic rings. The first kappa shape index (κ1) is 15.1. The maximum atomic E-state index is 11.9. The van der Waals surface area contributed by atoms with Crippen molar-refractivity contribution in [3.05, 3.63) is 54.1 Å². The monoisotopic (exact) mass is 310 g/mol. The Bertz CT molecular complexity index is 723. The summed E-state index contributed by atoms with van der Waals surface area (Å²) in [6.45, 7) is 2.02. The molecule has 3 rings (SSSR count). The molecule has 1 atom stereocenters. The molecule has 0 unspecified atom stereocenters. The van der Waals surface area contributed by atoms with Gasteiger partial charge in [-0.2, -0.15) is 0 Å². The number of rotatable bonds is 4. The molecule has 118 valence electrons. The summed E-state index contributed by atoms with van der Waals surface area (Å²) in [6, 6.07) is 14.6. The topological polar surface area (TPSA) is 58.6 Å². The Hall–Kier alpha value is -2.82. The molecular formula is C18H18N2O3. The number of hydrogen-bond donors (Lipinski definition) is 1. The molecule has 0 aliphatic carbocycles. The fraction of sp³-hybridized carbons (Fsp3) is 0.222. The molecule has 2 amide bonds. The first-order chi connectivity index (χ1) is 11.0. The van der Waals surface area contributed by atoms with E-state index in [1.54, 1.807) is 0 Å². The van der Waals surface area contributed by atoms with Crippen molar-refractivity contribution >= 4 is 17.5 Å². The molecule has 0 bridgehead atoms. The number of carbonyl (C=O) groups excluding carboxylic acids is 2. The molecule has 0 spiro atoms. The van der Waals surface area contributed by atoms with Gasteiger partial charge in [-0.3, -0.25) is 14.5 Å². The van der Waals surface area contributed by atoms with Crippen molar-refractivity contribution in [2.75, 3.05) is 12.4 Å². The normalized spacial score (nSPS) is 17.5. The van der Waals surface area contributed by atoms with Gasteiger partial charge in [0.25, 0.3) is 5.91 Å². The summed E-state index contributed by atoms with van der Waals surface area (Å²) in [5, 5.41) is 3.08. The number of anilines is 1. The van der Waals surface area contributed by atoms with Gasteiger partial charge in [-0.1, -0.05) is 17.7 Å². The molecule has 5 nitrogen and oxygen atoms in total. The predicted molar refractivity (Wildman–Crippen MR) is 87.5 cm³/mol. The largest absolute Gasteiger partial charge is 0.457 e. The van der Waals surface area contributed by atoms with Gasteiger partial charge < -0.3 is 10.1 Å². The number of likely N-dealkylation sites (tertiary alicyclic amines) is 1. The van der Waals surface area contributed by atoms with Crippen molar-refractivity contribution in [3.63, 3.8) is 0 Å². The Morgan fingerprint density at radius 3 is 2.09 bits per heavy atom. The van der Waals surface area contributed by atoms with E-state index >= 15 is 0 Å². The van der Waals surface area contributed by atoms with Gasteiger partial charge in [0.05, 0.1) is 6.42 Å². The number of hydrogen-bond acceptors (Lipinski definition) is 4. The molecule has 5 heteroatoms. The predicted octanol–water partition coefficient (Wildman–Crippen LogP) is 2.96. The molecule has 1 fully saturated rings. The second kappa shape index (κ2) is 6.12. The highest BCUT2D eigenvalue weighted by Crippen LogP contribution is 2.24. The molecule has 1 saturated heterocycles. The Morgan fingerprint density at radius 1 is 1.00 bits per heavy atom. The van der Waals surface area contributed by atoms with Crippen molar-refractivity contribution in [1.82, 2.24) is 4.90 Å². The summed E-state index contributed by atoms with van der Waals surface area (Å²) >= 11 is 0. The van der Waals surface area contributed by atoms with Crippen LogP contribution in [0.3, 0.4) is 0 Å². The van der Waals surface area contributed by atoms with Crippen LogP contribution in [0.4, 0.5) is 5.69 Å². The zero-order chi connectivity index (χ0) is 16.4. The van der Waals surface area contributed by atoms with Crippen molar-refractivity contribution in [2.24, 2.45) is 0 Å². The van der Waals surface area contributed by atoms with Crippen molar-refractivity contribution in [1.29, 1.82) is 0 Å². The first-order valence-electron chi connectivity index (χ1n) is 7.44. The van der Waals surface area contributed by atoms with Gasteiger partial charge in [-0.15, -0.1) is 0 Å². The van der Waals surface area contributed by atoms with Crippen LogP contribution in [-0.4, -0.2) is 29.8 Å². The minimum atomic E-state index is -0.489. The third kappa shape index (κ3) is 3.34. The van der Waals surface area contributed by atoms with Gasteiger partial charge in [0.15, 0.2) is 0 Å². The van der Waals surface area contributed by atoms with E-state index in [1.165, 1.54) is 12.6 Å². The standard InChI is InChI=1S/C18H18N2O3/c1-12-3-7-14(8-4-12)23-15-9-5-13(6-10-15)19-16-11-17(21)20(2)18(16)22/h3-10,16,19H,11H2,1-2H3/t16-/m0/s1. The summed E-state index contributed by atoms with van der Waals surface area (Å²) in [7, 11) is 1.50. The number of likely N-dealkylation sites (N-methyl/N-ethyl adjacent to an activating group) is 1. The molecule has 0 radical (unpaired) electrons. The zero-order valence-electron chi connectivity index (χ0n) is 13.1.